The molecule has 1 heterocycles. The molecule has 1 aliphatic carbocycles. The Morgan fingerprint density at radius 1 is 1.04 bits per heavy atom. The highest BCUT2D eigenvalue weighted by Gasteiger charge is 2.20. The average Bonchev–Trinajstić information content (AvgIpc) is 2.97. The van der Waals surface area contributed by atoms with Crippen LogP contribution >= 0.6 is 11.3 Å². The molecule has 3 aromatic rings. The summed E-state index contributed by atoms with van der Waals surface area (Å²) in [5, 5.41) is 12.8. The van der Waals surface area contributed by atoms with Crippen LogP contribution in [0.15, 0.2) is 47.5 Å². The molecule has 0 atom stereocenters. The second-order valence-electron chi connectivity index (χ2n) is 5.83. The number of nitriles is 1. The molecule has 2 nitrogen and oxygen atoms in total. The van der Waals surface area contributed by atoms with Crippen molar-refractivity contribution in [1.82, 2.24) is 0 Å². The van der Waals surface area contributed by atoms with Crippen molar-refractivity contribution in [3.05, 3.63) is 64.0 Å². The summed E-state index contributed by atoms with van der Waals surface area (Å²) in [4.78, 5) is 6.03. The molecule has 0 radical (unpaired) electrons. The zero-order valence-corrected chi connectivity index (χ0v) is 13.6. The normalized spacial score (nSPS) is 14.0. The Morgan fingerprint density at radius 2 is 1.87 bits per heavy atom. The molecule has 23 heavy (non-hydrogen) atoms. The Balaban J connectivity index is 1.77. The predicted octanol–water partition coefficient (Wildman–Crippen LogP) is 5.40. The molecule has 0 unspecified atom stereocenters. The average molecular weight is 316 g/mol. The summed E-state index contributed by atoms with van der Waals surface area (Å²) in [5.74, 6) is 0. The Kier molecular flexibility index (Phi) is 3.69. The number of fused-ring (bicyclic) bond motifs is 2. The molecule has 0 spiro atoms. The van der Waals surface area contributed by atoms with E-state index >= 15 is 0 Å². The van der Waals surface area contributed by atoms with Crippen molar-refractivity contribution in [2.75, 3.05) is 0 Å². The maximum atomic E-state index is 9.52. The van der Waals surface area contributed by atoms with Crippen LogP contribution in [0.5, 0.6) is 0 Å². The van der Waals surface area contributed by atoms with E-state index in [9.17, 15) is 5.26 Å². The molecule has 1 aliphatic rings. The SMILES string of the molecule is N#Cc1c(N=Cc2cccc3ccccc23)sc2c1CCCC2. The highest BCUT2D eigenvalue weighted by Crippen LogP contribution is 2.39. The van der Waals surface area contributed by atoms with E-state index in [0.29, 0.717) is 0 Å². The first-order chi connectivity index (χ1) is 11.4. The summed E-state index contributed by atoms with van der Waals surface area (Å²) in [6, 6.07) is 16.9. The molecular weight excluding hydrogens is 300 g/mol. The standard InChI is InChI=1S/C20H16N2S/c21-12-18-17-10-3-4-11-19(17)23-20(18)22-13-15-8-5-7-14-6-1-2-9-16(14)15/h1-2,5-9,13H,3-4,10-11H2. The fraction of sp³-hybridized carbons (Fsp3) is 0.200. The van der Waals surface area contributed by atoms with Gasteiger partial charge in [-0.3, -0.25) is 0 Å². The third-order valence-electron chi connectivity index (χ3n) is 4.41. The smallest absolute Gasteiger partial charge is 0.134 e. The van der Waals surface area contributed by atoms with Crippen molar-refractivity contribution in [1.29, 1.82) is 5.26 Å². The molecule has 0 bridgehead atoms. The number of hydrogen-bond donors (Lipinski definition) is 0. The van der Waals surface area contributed by atoms with Crippen LogP contribution in [0.25, 0.3) is 10.8 Å². The van der Waals surface area contributed by atoms with Crippen LogP contribution in [-0.2, 0) is 12.8 Å². The van der Waals surface area contributed by atoms with Gasteiger partial charge >= 0.3 is 0 Å². The van der Waals surface area contributed by atoms with Crippen LogP contribution in [0.3, 0.4) is 0 Å². The van der Waals surface area contributed by atoms with Gasteiger partial charge in [-0.05, 0) is 42.0 Å². The van der Waals surface area contributed by atoms with Gasteiger partial charge < -0.3 is 0 Å². The number of aryl methyl sites for hydroxylation is 1. The summed E-state index contributed by atoms with van der Waals surface area (Å²) in [5.41, 5.74) is 3.13. The van der Waals surface area contributed by atoms with Crippen LogP contribution < -0.4 is 0 Å². The minimum Gasteiger partial charge on any atom is -0.244 e. The Hall–Kier alpha value is -2.44. The molecular formula is C20H16N2S. The lowest BCUT2D eigenvalue weighted by Gasteiger charge is -2.09. The van der Waals surface area contributed by atoms with Crippen LogP contribution in [0, 0.1) is 11.3 Å². The first-order valence-electron chi connectivity index (χ1n) is 7.93. The van der Waals surface area contributed by atoms with Gasteiger partial charge in [0.1, 0.15) is 11.1 Å². The molecule has 0 N–H and O–H groups in total. The molecule has 3 heteroatoms. The van der Waals surface area contributed by atoms with E-state index in [1.807, 2.05) is 24.4 Å². The van der Waals surface area contributed by atoms with Crippen LogP contribution in [-0.4, -0.2) is 6.21 Å². The number of hydrogen-bond acceptors (Lipinski definition) is 3. The lowest BCUT2D eigenvalue weighted by molar-refractivity contribution is 0.696. The van der Waals surface area contributed by atoms with Gasteiger partial charge in [-0.25, -0.2) is 4.99 Å². The molecule has 1 aromatic heterocycles. The number of thiophene rings is 1. The summed E-state index contributed by atoms with van der Waals surface area (Å²) in [6.45, 7) is 0. The first kappa shape index (κ1) is 14.2. The van der Waals surface area contributed by atoms with Crippen molar-refractivity contribution in [2.24, 2.45) is 4.99 Å². The van der Waals surface area contributed by atoms with Gasteiger partial charge in [0.15, 0.2) is 0 Å². The second-order valence-corrected chi connectivity index (χ2v) is 6.91. The van der Waals surface area contributed by atoms with Gasteiger partial charge in [-0.15, -0.1) is 11.3 Å². The highest BCUT2D eigenvalue weighted by molar-refractivity contribution is 7.16. The molecule has 2 aromatic carbocycles. The number of benzene rings is 2. The van der Waals surface area contributed by atoms with E-state index in [2.05, 4.69) is 35.3 Å². The van der Waals surface area contributed by atoms with Gasteiger partial charge in [-0.1, -0.05) is 42.5 Å². The zero-order chi connectivity index (χ0) is 15.6. The quantitative estimate of drug-likeness (QED) is 0.583. The summed E-state index contributed by atoms with van der Waals surface area (Å²) in [7, 11) is 0. The largest absolute Gasteiger partial charge is 0.244 e. The molecule has 0 saturated heterocycles. The topological polar surface area (TPSA) is 36.1 Å². The van der Waals surface area contributed by atoms with E-state index in [0.717, 1.165) is 29.0 Å². The van der Waals surface area contributed by atoms with E-state index in [1.54, 1.807) is 11.3 Å². The lowest BCUT2D eigenvalue weighted by atomic mass is 9.96. The van der Waals surface area contributed by atoms with Crippen LogP contribution in [0.2, 0.25) is 0 Å². The Labute approximate surface area is 139 Å². The van der Waals surface area contributed by atoms with Gasteiger partial charge in [0.2, 0.25) is 0 Å². The van der Waals surface area contributed by atoms with E-state index < -0.39 is 0 Å². The van der Waals surface area contributed by atoms with Crippen molar-refractivity contribution < 1.29 is 0 Å². The predicted molar refractivity (Wildman–Crippen MR) is 96.9 cm³/mol. The number of rotatable bonds is 2. The number of aliphatic imine (C=N–C) groups is 1. The molecule has 0 saturated carbocycles. The van der Waals surface area contributed by atoms with Crippen molar-refractivity contribution in [3.8, 4) is 6.07 Å². The molecule has 0 amide bonds. The lowest BCUT2D eigenvalue weighted by Crippen LogP contribution is -1.99. The summed E-state index contributed by atoms with van der Waals surface area (Å²) >= 11 is 1.69. The van der Waals surface area contributed by atoms with E-state index in [4.69, 9.17) is 0 Å². The van der Waals surface area contributed by atoms with Gasteiger partial charge in [0, 0.05) is 16.7 Å². The third-order valence-corrected chi connectivity index (χ3v) is 5.61. The van der Waals surface area contributed by atoms with E-state index in [-0.39, 0.29) is 0 Å². The fourth-order valence-corrected chi connectivity index (χ4v) is 4.43. The minimum absolute atomic E-state index is 0.793. The third kappa shape index (κ3) is 2.56. The molecule has 112 valence electrons. The van der Waals surface area contributed by atoms with Crippen LogP contribution in [0.1, 0.15) is 34.4 Å². The maximum Gasteiger partial charge on any atom is 0.134 e. The van der Waals surface area contributed by atoms with Crippen molar-refractivity contribution in [2.45, 2.75) is 25.7 Å². The summed E-state index contributed by atoms with van der Waals surface area (Å²) in [6.07, 6.45) is 6.44. The maximum absolute atomic E-state index is 9.52. The first-order valence-corrected chi connectivity index (χ1v) is 8.75. The fourth-order valence-electron chi connectivity index (χ4n) is 3.25. The minimum atomic E-state index is 0.793. The molecule has 0 fully saturated rings. The Bertz CT molecular complexity index is 939. The Morgan fingerprint density at radius 3 is 2.78 bits per heavy atom. The van der Waals surface area contributed by atoms with Gasteiger partial charge in [0.05, 0.1) is 5.56 Å². The summed E-state index contributed by atoms with van der Waals surface area (Å²) < 4.78 is 0. The molecule has 4 rings (SSSR count). The van der Waals surface area contributed by atoms with Gasteiger partial charge in [0.25, 0.3) is 0 Å². The van der Waals surface area contributed by atoms with Gasteiger partial charge in [-0.2, -0.15) is 5.26 Å². The highest BCUT2D eigenvalue weighted by atomic mass is 32.1. The van der Waals surface area contributed by atoms with Crippen molar-refractivity contribution in [3.63, 3.8) is 0 Å². The monoisotopic (exact) mass is 316 g/mol. The van der Waals surface area contributed by atoms with E-state index in [1.165, 1.54) is 34.1 Å². The number of nitrogens with zero attached hydrogens (tertiary/aromatic N) is 2. The van der Waals surface area contributed by atoms with Crippen LogP contribution in [0.4, 0.5) is 5.00 Å². The van der Waals surface area contributed by atoms with Crippen molar-refractivity contribution >= 4 is 33.3 Å². The zero-order valence-electron chi connectivity index (χ0n) is 12.7. The molecule has 0 aliphatic heterocycles. The second kappa shape index (κ2) is 5.98.